The molecule has 3 N–H and O–H groups in total. The Morgan fingerprint density at radius 3 is 1.97 bits per heavy atom. The smallest absolute Gasteiger partial charge is 0.114 e. The van der Waals surface area contributed by atoms with Crippen molar-refractivity contribution < 1.29 is 24.8 Å². The predicted octanol–water partition coefficient (Wildman–Crippen LogP) is 4.91. The zero-order valence-corrected chi connectivity index (χ0v) is 19.4. The van der Waals surface area contributed by atoms with Crippen LogP contribution >= 0.6 is 0 Å². The van der Waals surface area contributed by atoms with Gasteiger partial charge in [-0.15, -0.1) is 0 Å². The van der Waals surface area contributed by atoms with Crippen molar-refractivity contribution in [2.75, 3.05) is 19.8 Å². The summed E-state index contributed by atoms with van der Waals surface area (Å²) in [5.41, 5.74) is 0. The van der Waals surface area contributed by atoms with Crippen molar-refractivity contribution in [2.45, 2.75) is 128 Å². The monoisotopic (exact) mass is 428 g/mol. The molecule has 1 saturated heterocycles. The number of ether oxygens (including phenoxy) is 2. The average Bonchev–Trinajstić information content (AvgIpc) is 3.12. The molecule has 0 spiro atoms. The number of allylic oxidation sites excluding steroid dienone is 2. The molecule has 0 aromatic rings. The van der Waals surface area contributed by atoms with Crippen LogP contribution in [0.2, 0.25) is 0 Å². The zero-order chi connectivity index (χ0) is 21.9. The molecule has 1 aliphatic heterocycles. The highest BCUT2D eigenvalue weighted by Gasteiger charge is 2.40. The van der Waals surface area contributed by atoms with Gasteiger partial charge in [0.25, 0.3) is 0 Å². The Bertz CT molecular complexity index is 401. The largest absolute Gasteiger partial charge is 0.394 e. The van der Waals surface area contributed by atoms with E-state index < -0.39 is 31.0 Å². The maximum atomic E-state index is 10.1. The van der Waals surface area contributed by atoms with Crippen LogP contribution in [0, 0.1) is 0 Å². The van der Waals surface area contributed by atoms with E-state index in [9.17, 15) is 10.2 Å². The first-order chi connectivity index (χ1) is 14.7. The molecule has 0 aliphatic carbocycles. The summed E-state index contributed by atoms with van der Waals surface area (Å²) in [7, 11) is 0. The van der Waals surface area contributed by atoms with Crippen LogP contribution in [0.1, 0.15) is 103 Å². The van der Waals surface area contributed by atoms with E-state index in [4.69, 9.17) is 14.6 Å². The molecule has 5 heteroatoms. The van der Waals surface area contributed by atoms with Crippen LogP contribution in [0.15, 0.2) is 12.2 Å². The summed E-state index contributed by atoms with van der Waals surface area (Å²) in [4.78, 5) is 0. The molecule has 0 aromatic carbocycles. The minimum atomic E-state index is -1.05. The van der Waals surface area contributed by atoms with Crippen LogP contribution in [-0.2, 0) is 9.47 Å². The standard InChI is InChI=1S/C25H48O5/c1-2-3-4-5-6-7-8-9-10-11-12-13-14-15-16-17-18-19-29-23-21-30-25(24(23)28)22(27)20-26/h5-6,22-28H,2-4,7-21H2,1H3/b6-5+/t22-,23+,24-,25-/m1/s1. The van der Waals surface area contributed by atoms with Crippen LogP contribution in [0.3, 0.4) is 0 Å². The minimum Gasteiger partial charge on any atom is -0.394 e. The van der Waals surface area contributed by atoms with Crippen molar-refractivity contribution in [3.05, 3.63) is 12.2 Å². The first-order valence-electron chi connectivity index (χ1n) is 12.6. The lowest BCUT2D eigenvalue weighted by molar-refractivity contribution is -0.0730. The van der Waals surface area contributed by atoms with Crippen LogP contribution in [0.4, 0.5) is 0 Å². The summed E-state index contributed by atoms with van der Waals surface area (Å²) >= 11 is 0. The van der Waals surface area contributed by atoms with Gasteiger partial charge in [0.1, 0.15) is 24.4 Å². The third-order valence-electron chi connectivity index (χ3n) is 5.97. The average molecular weight is 429 g/mol. The van der Waals surface area contributed by atoms with Crippen molar-refractivity contribution in [3.63, 3.8) is 0 Å². The molecular weight excluding hydrogens is 380 g/mol. The molecule has 178 valence electrons. The van der Waals surface area contributed by atoms with Crippen LogP contribution in [-0.4, -0.2) is 59.6 Å². The van der Waals surface area contributed by atoms with Gasteiger partial charge in [-0.25, -0.2) is 0 Å². The van der Waals surface area contributed by atoms with E-state index >= 15 is 0 Å². The third kappa shape index (κ3) is 13.1. The molecule has 5 nitrogen and oxygen atoms in total. The lowest BCUT2D eigenvalue weighted by Gasteiger charge is -2.20. The lowest BCUT2D eigenvalue weighted by Crippen LogP contribution is -2.41. The molecule has 0 saturated carbocycles. The fourth-order valence-electron chi connectivity index (χ4n) is 3.95. The van der Waals surface area contributed by atoms with Gasteiger partial charge < -0.3 is 24.8 Å². The fourth-order valence-corrected chi connectivity index (χ4v) is 3.95. The number of unbranched alkanes of at least 4 members (excludes halogenated alkanes) is 13. The van der Waals surface area contributed by atoms with Gasteiger partial charge in [0.05, 0.1) is 13.2 Å². The minimum absolute atomic E-state index is 0.276. The molecule has 1 heterocycles. The highest BCUT2D eigenvalue weighted by Crippen LogP contribution is 2.20. The van der Waals surface area contributed by atoms with Gasteiger partial charge in [0.15, 0.2) is 0 Å². The number of rotatable bonds is 20. The number of hydrogen-bond donors (Lipinski definition) is 3. The lowest BCUT2D eigenvalue weighted by atomic mass is 10.0. The van der Waals surface area contributed by atoms with Crippen LogP contribution in [0.25, 0.3) is 0 Å². The predicted molar refractivity (Wildman–Crippen MR) is 123 cm³/mol. The molecule has 0 bridgehead atoms. The van der Waals surface area contributed by atoms with Gasteiger partial charge in [-0.05, 0) is 25.7 Å². The van der Waals surface area contributed by atoms with Gasteiger partial charge in [0.2, 0.25) is 0 Å². The van der Waals surface area contributed by atoms with Gasteiger partial charge in [-0.1, -0.05) is 89.7 Å². The van der Waals surface area contributed by atoms with Crippen molar-refractivity contribution >= 4 is 0 Å². The Labute approximate surface area is 184 Å². The second-order valence-electron chi connectivity index (χ2n) is 8.74. The molecule has 0 unspecified atom stereocenters. The molecule has 4 atom stereocenters. The third-order valence-corrected chi connectivity index (χ3v) is 5.97. The molecule has 1 rings (SSSR count). The molecule has 1 fully saturated rings. The Morgan fingerprint density at radius 2 is 1.40 bits per heavy atom. The van der Waals surface area contributed by atoms with Gasteiger partial charge >= 0.3 is 0 Å². The van der Waals surface area contributed by atoms with E-state index in [2.05, 4.69) is 19.1 Å². The van der Waals surface area contributed by atoms with E-state index in [1.165, 1.54) is 83.5 Å². The van der Waals surface area contributed by atoms with E-state index in [0.717, 1.165) is 12.8 Å². The van der Waals surface area contributed by atoms with E-state index in [1.807, 2.05) is 0 Å². The van der Waals surface area contributed by atoms with Crippen molar-refractivity contribution in [2.24, 2.45) is 0 Å². The zero-order valence-electron chi connectivity index (χ0n) is 19.4. The maximum Gasteiger partial charge on any atom is 0.114 e. The summed E-state index contributed by atoms with van der Waals surface area (Å²) in [6.07, 6.45) is 21.0. The van der Waals surface area contributed by atoms with Crippen LogP contribution in [0.5, 0.6) is 0 Å². The Hall–Kier alpha value is -0.460. The molecular formula is C25H48O5. The summed E-state index contributed by atoms with van der Waals surface area (Å²) in [5.74, 6) is 0. The van der Waals surface area contributed by atoms with E-state index in [0.29, 0.717) is 6.61 Å². The summed E-state index contributed by atoms with van der Waals surface area (Å²) < 4.78 is 11.0. The Kier molecular flexibility index (Phi) is 17.7. The molecule has 0 amide bonds. The van der Waals surface area contributed by atoms with Crippen molar-refractivity contribution in [1.29, 1.82) is 0 Å². The molecule has 0 aromatic heterocycles. The van der Waals surface area contributed by atoms with Gasteiger partial charge in [-0.2, -0.15) is 0 Å². The Morgan fingerprint density at radius 1 is 0.867 bits per heavy atom. The first-order valence-corrected chi connectivity index (χ1v) is 12.6. The normalized spacial score (nSPS) is 22.9. The SMILES string of the molecule is CCCC/C=C/CCCCCCCCCCCCCO[C@H]1CO[C@H]([C@H](O)CO)[C@@H]1O. The quantitative estimate of drug-likeness (QED) is 0.190. The molecule has 1 aliphatic rings. The van der Waals surface area contributed by atoms with Crippen molar-refractivity contribution in [1.82, 2.24) is 0 Å². The summed E-state index contributed by atoms with van der Waals surface area (Å²) in [6.45, 7) is 2.72. The van der Waals surface area contributed by atoms with E-state index in [1.54, 1.807) is 0 Å². The van der Waals surface area contributed by atoms with Gasteiger partial charge in [-0.3, -0.25) is 0 Å². The second kappa shape index (κ2) is 19.2. The number of hydrogen-bond acceptors (Lipinski definition) is 5. The Balaban J connectivity index is 1.79. The van der Waals surface area contributed by atoms with Crippen LogP contribution < -0.4 is 0 Å². The topological polar surface area (TPSA) is 79.2 Å². The number of aliphatic hydroxyl groups is 3. The second-order valence-corrected chi connectivity index (χ2v) is 8.74. The van der Waals surface area contributed by atoms with Gasteiger partial charge in [0, 0.05) is 6.61 Å². The molecule has 30 heavy (non-hydrogen) atoms. The highest BCUT2D eigenvalue weighted by molar-refractivity contribution is 4.88. The van der Waals surface area contributed by atoms with Crippen molar-refractivity contribution in [3.8, 4) is 0 Å². The highest BCUT2D eigenvalue weighted by atomic mass is 16.6. The first kappa shape index (κ1) is 27.6. The molecule has 0 radical (unpaired) electrons. The number of aliphatic hydroxyl groups excluding tert-OH is 3. The van der Waals surface area contributed by atoms with E-state index in [-0.39, 0.29) is 6.61 Å². The maximum absolute atomic E-state index is 10.1. The summed E-state index contributed by atoms with van der Waals surface area (Å²) in [5, 5.41) is 28.6. The summed E-state index contributed by atoms with van der Waals surface area (Å²) in [6, 6.07) is 0. The fraction of sp³-hybridized carbons (Fsp3) is 0.920.